The number of ether oxygens (including phenoxy) is 2. The van der Waals surface area contributed by atoms with Gasteiger partial charge in [0.2, 0.25) is 0 Å². The fourth-order valence-electron chi connectivity index (χ4n) is 3.70. The van der Waals surface area contributed by atoms with Gasteiger partial charge in [-0.2, -0.15) is 5.10 Å². The van der Waals surface area contributed by atoms with Crippen LogP contribution in [0.4, 0.5) is 4.79 Å². The molecule has 1 aliphatic rings. The number of rotatable bonds is 7. The molecule has 30 heavy (non-hydrogen) atoms. The summed E-state index contributed by atoms with van der Waals surface area (Å²) in [5, 5.41) is 15.9. The number of carbonyl (C=O) groups is 2. The number of hydrogen-bond acceptors (Lipinski definition) is 5. The quantitative estimate of drug-likeness (QED) is 0.624. The van der Waals surface area contributed by atoms with E-state index in [0.717, 1.165) is 22.3 Å². The number of methoxy groups -OCH3 is 1. The van der Waals surface area contributed by atoms with Gasteiger partial charge in [0.05, 0.1) is 26.0 Å². The van der Waals surface area contributed by atoms with E-state index < -0.39 is 18.1 Å². The Kier molecular flexibility index (Phi) is 5.38. The maximum absolute atomic E-state index is 12.3. The number of fused-ring (bicyclic) bond motifs is 3. The SMILES string of the molecule is COc1cnn(CC(NC(=O)OCC2c3ccccc3-c3ccccc32)C(=O)O)c1. The van der Waals surface area contributed by atoms with Crippen LogP contribution in [0.15, 0.2) is 60.9 Å². The Morgan fingerprint density at radius 3 is 2.33 bits per heavy atom. The minimum atomic E-state index is -1.19. The van der Waals surface area contributed by atoms with Crippen molar-refractivity contribution in [2.45, 2.75) is 18.5 Å². The number of carboxylic acids is 1. The lowest BCUT2D eigenvalue weighted by Gasteiger charge is -2.17. The van der Waals surface area contributed by atoms with E-state index in [-0.39, 0.29) is 19.1 Å². The molecule has 0 fully saturated rings. The first-order valence-corrected chi connectivity index (χ1v) is 9.47. The van der Waals surface area contributed by atoms with E-state index in [1.54, 1.807) is 6.20 Å². The standard InChI is InChI=1S/C22H21N3O5/c1-29-14-10-23-25(11-14)12-20(21(26)27)24-22(28)30-13-19-17-8-4-2-6-15(17)16-7-3-5-9-18(16)19/h2-11,19-20H,12-13H2,1H3,(H,24,28)(H,26,27). The van der Waals surface area contributed by atoms with Gasteiger partial charge in [-0.25, -0.2) is 9.59 Å². The summed E-state index contributed by atoms with van der Waals surface area (Å²) in [6, 6.07) is 14.8. The maximum atomic E-state index is 12.3. The lowest BCUT2D eigenvalue weighted by atomic mass is 9.98. The van der Waals surface area contributed by atoms with Crippen molar-refractivity contribution in [2.24, 2.45) is 0 Å². The Morgan fingerprint density at radius 1 is 1.13 bits per heavy atom. The zero-order chi connectivity index (χ0) is 21.1. The van der Waals surface area contributed by atoms with Crippen LogP contribution < -0.4 is 10.1 Å². The van der Waals surface area contributed by atoms with Crippen LogP contribution in [0.25, 0.3) is 11.1 Å². The van der Waals surface area contributed by atoms with Gasteiger partial charge in [0, 0.05) is 5.92 Å². The van der Waals surface area contributed by atoms with Gasteiger partial charge >= 0.3 is 12.1 Å². The number of aromatic nitrogens is 2. The molecule has 1 atom stereocenters. The average molecular weight is 407 g/mol. The van der Waals surface area contributed by atoms with Gasteiger partial charge < -0.3 is 19.9 Å². The number of carbonyl (C=O) groups excluding carboxylic acids is 1. The molecule has 154 valence electrons. The lowest BCUT2D eigenvalue weighted by molar-refractivity contribution is -0.139. The van der Waals surface area contributed by atoms with Crippen molar-refractivity contribution >= 4 is 12.1 Å². The van der Waals surface area contributed by atoms with Crippen molar-refractivity contribution in [3.8, 4) is 16.9 Å². The van der Waals surface area contributed by atoms with Crippen LogP contribution in [0.3, 0.4) is 0 Å². The van der Waals surface area contributed by atoms with Crippen molar-refractivity contribution in [2.75, 3.05) is 13.7 Å². The molecule has 8 nitrogen and oxygen atoms in total. The molecular weight excluding hydrogens is 386 g/mol. The first kappa shape index (κ1) is 19.5. The number of hydrogen-bond donors (Lipinski definition) is 2. The summed E-state index contributed by atoms with van der Waals surface area (Å²) in [5.41, 5.74) is 4.42. The Bertz CT molecular complexity index is 1030. The van der Waals surface area contributed by atoms with Gasteiger partial charge in [0.1, 0.15) is 12.6 Å². The number of nitrogens with zero attached hydrogens (tertiary/aromatic N) is 2. The van der Waals surface area contributed by atoms with E-state index in [4.69, 9.17) is 9.47 Å². The first-order chi connectivity index (χ1) is 14.6. The molecule has 0 saturated carbocycles. The van der Waals surface area contributed by atoms with Crippen LogP contribution in [0, 0.1) is 0 Å². The number of alkyl carbamates (subject to hydrolysis) is 1. The van der Waals surface area contributed by atoms with Crippen molar-refractivity contribution in [3.63, 3.8) is 0 Å². The number of carboxylic acid groups (broad SMARTS) is 1. The zero-order valence-corrected chi connectivity index (χ0v) is 16.3. The van der Waals surface area contributed by atoms with E-state index >= 15 is 0 Å². The van der Waals surface area contributed by atoms with Crippen molar-refractivity contribution < 1.29 is 24.2 Å². The Balaban J connectivity index is 1.42. The molecule has 2 aromatic carbocycles. The summed E-state index contributed by atoms with van der Waals surface area (Å²) in [7, 11) is 1.49. The predicted octanol–water partition coefficient (Wildman–Crippen LogP) is 2.88. The predicted molar refractivity (Wildman–Crippen MR) is 108 cm³/mol. The zero-order valence-electron chi connectivity index (χ0n) is 16.3. The minimum absolute atomic E-state index is 0.0527. The van der Waals surface area contributed by atoms with Crippen LogP contribution in [0.1, 0.15) is 17.0 Å². The van der Waals surface area contributed by atoms with Crippen molar-refractivity contribution in [3.05, 3.63) is 72.1 Å². The van der Waals surface area contributed by atoms with E-state index in [2.05, 4.69) is 10.4 Å². The second-order valence-corrected chi connectivity index (χ2v) is 6.96. The molecule has 0 aliphatic heterocycles. The van der Waals surface area contributed by atoms with Crippen LogP contribution in [-0.4, -0.2) is 46.7 Å². The third kappa shape index (κ3) is 3.84. The van der Waals surface area contributed by atoms with Gasteiger partial charge in [0.25, 0.3) is 0 Å². The Labute approximate surface area is 173 Å². The molecule has 1 aromatic heterocycles. The van der Waals surface area contributed by atoms with Gasteiger partial charge in [-0.15, -0.1) is 0 Å². The molecule has 0 bridgehead atoms. The fraction of sp³-hybridized carbons (Fsp3) is 0.227. The second kappa shape index (κ2) is 8.28. The highest BCUT2D eigenvalue weighted by Crippen LogP contribution is 2.44. The molecule has 4 rings (SSSR count). The number of aliphatic carboxylic acids is 1. The molecule has 2 N–H and O–H groups in total. The summed E-state index contributed by atoms with van der Waals surface area (Å²) in [6.07, 6.45) is 2.23. The second-order valence-electron chi connectivity index (χ2n) is 6.96. The minimum Gasteiger partial charge on any atom is -0.493 e. The smallest absolute Gasteiger partial charge is 0.407 e. The molecule has 0 radical (unpaired) electrons. The van der Waals surface area contributed by atoms with E-state index in [0.29, 0.717) is 5.75 Å². The summed E-state index contributed by atoms with van der Waals surface area (Å²) in [4.78, 5) is 23.9. The first-order valence-electron chi connectivity index (χ1n) is 9.47. The maximum Gasteiger partial charge on any atom is 0.407 e. The molecule has 0 spiro atoms. The highest BCUT2D eigenvalue weighted by Gasteiger charge is 2.29. The van der Waals surface area contributed by atoms with Crippen molar-refractivity contribution in [1.82, 2.24) is 15.1 Å². The topological polar surface area (TPSA) is 103 Å². The van der Waals surface area contributed by atoms with Crippen LogP contribution in [-0.2, 0) is 16.1 Å². The molecule has 0 saturated heterocycles. The lowest BCUT2D eigenvalue weighted by Crippen LogP contribution is -2.44. The normalized spacial score (nSPS) is 13.2. The Hall–Kier alpha value is -3.81. The third-order valence-corrected chi connectivity index (χ3v) is 5.15. The summed E-state index contributed by atoms with van der Waals surface area (Å²) < 4.78 is 11.8. The molecule has 8 heteroatoms. The molecule has 1 amide bonds. The van der Waals surface area contributed by atoms with E-state index in [1.165, 1.54) is 18.0 Å². The van der Waals surface area contributed by atoms with Gasteiger partial charge in [-0.3, -0.25) is 4.68 Å². The summed E-state index contributed by atoms with van der Waals surface area (Å²) >= 11 is 0. The number of benzene rings is 2. The van der Waals surface area contributed by atoms with Gasteiger partial charge in [-0.05, 0) is 22.3 Å². The molecular formula is C22H21N3O5. The van der Waals surface area contributed by atoms with Gasteiger partial charge in [-0.1, -0.05) is 48.5 Å². The molecule has 1 unspecified atom stereocenters. The average Bonchev–Trinajstić information content (AvgIpc) is 3.34. The Morgan fingerprint density at radius 2 is 1.77 bits per heavy atom. The highest BCUT2D eigenvalue weighted by atomic mass is 16.5. The molecule has 3 aromatic rings. The third-order valence-electron chi connectivity index (χ3n) is 5.15. The highest BCUT2D eigenvalue weighted by molar-refractivity contribution is 5.81. The molecule has 1 aliphatic carbocycles. The number of amides is 1. The largest absolute Gasteiger partial charge is 0.493 e. The van der Waals surface area contributed by atoms with E-state index in [9.17, 15) is 14.7 Å². The van der Waals surface area contributed by atoms with Crippen LogP contribution >= 0.6 is 0 Å². The fourth-order valence-corrected chi connectivity index (χ4v) is 3.70. The summed E-state index contributed by atoms with van der Waals surface area (Å²) in [5.74, 6) is -0.778. The van der Waals surface area contributed by atoms with E-state index in [1.807, 2.05) is 48.5 Å². The summed E-state index contributed by atoms with van der Waals surface area (Å²) in [6.45, 7) is 0.0602. The van der Waals surface area contributed by atoms with Crippen molar-refractivity contribution in [1.29, 1.82) is 0 Å². The van der Waals surface area contributed by atoms with Gasteiger partial charge in [0.15, 0.2) is 5.75 Å². The monoisotopic (exact) mass is 407 g/mol. The number of nitrogens with one attached hydrogen (secondary N) is 1. The van der Waals surface area contributed by atoms with Crippen LogP contribution in [0.2, 0.25) is 0 Å². The molecule has 1 heterocycles. The van der Waals surface area contributed by atoms with Crippen LogP contribution in [0.5, 0.6) is 5.75 Å².